The van der Waals surface area contributed by atoms with E-state index in [9.17, 15) is 0 Å². The molecule has 1 aliphatic carbocycles. The standard InChI is InChI=1S/C26H14S4/c27-25-19-10-16-8-4-5-9-17(16)11-20(19)26(28)21(25)12-18-13-23-24(29-18)14-22(30-23)15-6-2-1-3-7-15/h1-14H. The predicted molar refractivity (Wildman–Crippen MR) is 140 cm³/mol. The number of rotatable bonds is 2. The van der Waals surface area contributed by atoms with Gasteiger partial charge in [0.25, 0.3) is 0 Å². The minimum atomic E-state index is 0.863. The van der Waals surface area contributed by atoms with E-state index in [0.717, 1.165) is 26.4 Å². The van der Waals surface area contributed by atoms with Gasteiger partial charge in [-0.1, -0.05) is 79.0 Å². The zero-order valence-corrected chi connectivity index (χ0v) is 19.0. The van der Waals surface area contributed by atoms with Crippen LogP contribution in [0.4, 0.5) is 0 Å². The van der Waals surface area contributed by atoms with Crippen molar-refractivity contribution in [3.05, 3.63) is 100 Å². The van der Waals surface area contributed by atoms with E-state index in [2.05, 4.69) is 84.9 Å². The summed E-state index contributed by atoms with van der Waals surface area (Å²) >= 11 is 15.3. The molecule has 142 valence electrons. The largest absolute Gasteiger partial charge is 0.135 e. The molecule has 5 aromatic rings. The van der Waals surface area contributed by atoms with Crippen LogP contribution in [0.2, 0.25) is 0 Å². The van der Waals surface area contributed by atoms with E-state index in [1.165, 1.54) is 35.5 Å². The second kappa shape index (κ2) is 7.03. The SMILES string of the molecule is S=C1C(=Cc2cc3sc(-c4ccccc4)cc3s2)C(=S)c2cc3ccccc3cc21. The van der Waals surface area contributed by atoms with E-state index in [1.807, 2.05) is 11.3 Å². The minimum Gasteiger partial charge on any atom is -0.135 e. The number of allylic oxidation sites excluding steroid dienone is 1. The van der Waals surface area contributed by atoms with E-state index in [4.69, 9.17) is 24.4 Å². The summed E-state index contributed by atoms with van der Waals surface area (Å²) in [6.45, 7) is 0. The summed E-state index contributed by atoms with van der Waals surface area (Å²) in [7, 11) is 0. The first-order valence-electron chi connectivity index (χ1n) is 9.60. The highest BCUT2D eigenvalue weighted by atomic mass is 32.1. The van der Waals surface area contributed by atoms with Gasteiger partial charge in [0.05, 0.1) is 9.73 Å². The summed E-state index contributed by atoms with van der Waals surface area (Å²) in [6.07, 6.45) is 2.18. The first-order valence-corrected chi connectivity index (χ1v) is 12.0. The Balaban J connectivity index is 1.39. The first-order chi connectivity index (χ1) is 14.7. The van der Waals surface area contributed by atoms with E-state index in [0.29, 0.717) is 0 Å². The van der Waals surface area contributed by atoms with Gasteiger partial charge in [0, 0.05) is 35.9 Å². The van der Waals surface area contributed by atoms with Crippen LogP contribution in [0.15, 0.2) is 84.4 Å². The number of hydrogen-bond donors (Lipinski definition) is 0. The lowest BCUT2D eigenvalue weighted by atomic mass is 10.0. The van der Waals surface area contributed by atoms with Gasteiger partial charge in [0.15, 0.2) is 0 Å². The van der Waals surface area contributed by atoms with Gasteiger partial charge >= 0.3 is 0 Å². The Bertz CT molecular complexity index is 1430. The van der Waals surface area contributed by atoms with Crippen LogP contribution in [0, 0.1) is 0 Å². The van der Waals surface area contributed by atoms with Crippen LogP contribution in [0.25, 0.3) is 36.7 Å². The summed E-state index contributed by atoms with van der Waals surface area (Å²) < 4.78 is 2.62. The molecule has 0 spiro atoms. The maximum Gasteiger partial charge on any atom is 0.0543 e. The Labute approximate surface area is 193 Å². The fourth-order valence-electron chi connectivity index (χ4n) is 3.95. The Morgan fingerprint density at radius 3 is 1.87 bits per heavy atom. The molecule has 0 amide bonds. The van der Waals surface area contributed by atoms with Gasteiger partial charge < -0.3 is 0 Å². The Kier molecular flexibility index (Phi) is 4.29. The molecule has 0 saturated heterocycles. The molecule has 4 heteroatoms. The number of hydrogen-bond acceptors (Lipinski definition) is 4. The molecule has 2 aromatic heterocycles. The molecule has 0 aliphatic heterocycles. The summed E-state index contributed by atoms with van der Waals surface area (Å²) in [5.41, 5.74) is 4.45. The fraction of sp³-hybridized carbons (Fsp3) is 0. The van der Waals surface area contributed by atoms with Gasteiger partial charge in [0.1, 0.15) is 0 Å². The van der Waals surface area contributed by atoms with Gasteiger partial charge in [-0.2, -0.15) is 0 Å². The van der Waals surface area contributed by atoms with Crippen molar-refractivity contribution < 1.29 is 0 Å². The van der Waals surface area contributed by atoms with Crippen molar-refractivity contribution in [2.24, 2.45) is 0 Å². The van der Waals surface area contributed by atoms with Gasteiger partial charge in [0.2, 0.25) is 0 Å². The van der Waals surface area contributed by atoms with Crippen LogP contribution >= 0.6 is 47.1 Å². The molecule has 0 atom stereocenters. The van der Waals surface area contributed by atoms with Crippen LogP contribution in [0.3, 0.4) is 0 Å². The average Bonchev–Trinajstić information content (AvgIpc) is 3.41. The van der Waals surface area contributed by atoms with Crippen LogP contribution in [-0.4, -0.2) is 9.73 Å². The maximum atomic E-state index is 5.83. The number of thiocarbonyl (C=S) groups is 2. The van der Waals surface area contributed by atoms with Crippen LogP contribution in [0.5, 0.6) is 0 Å². The van der Waals surface area contributed by atoms with Crippen molar-refractivity contribution in [1.29, 1.82) is 0 Å². The molecule has 1 aliphatic rings. The molecule has 0 N–H and O–H groups in total. The predicted octanol–water partition coefficient (Wildman–Crippen LogP) is 8.32. The van der Waals surface area contributed by atoms with Gasteiger partial charge in [-0.15, -0.1) is 22.7 Å². The molecule has 6 rings (SSSR count). The van der Waals surface area contributed by atoms with Crippen LogP contribution in [-0.2, 0) is 0 Å². The third-order valence-corrected chi connectivity index (χ3v) is 8.60. The Morgan fingerprint density at radius 1 is 0.633 bits per heavy atom. The fourth-order valence-corrected chi connectivity index (χ4v) is 7.03. The third-order valence-electron chi connectivity index (χ3n) is 5.44. The highest BCUT2D eigenvalue weighted by Gasteiger charge is 2.27. The van der Waals surface area contributed by atoms with Gasteiger partial charge in [-0.3, -0.25) is 0 Å². The van der Waals surface area contributed by atoms with Gasteiger partial charge in [-0.25, -0.2) is 0 Å². The van der Waals surface area contributed by atoms with E-state index >= 15 is 0 Å². The summed E-state index contributed by atoms with van der Waals surface area (Å²) in [6, 6.07) is 27.8. The van der Waals surface area contributed by atoms with Crippen molar-refractivity contribution in [2.45, 2.75) is 0 Å². The minimum absolute atomic E-state index is 0.863. The van der Waals surface area contributed by atoms with Crippen LogP contribution in [0.1, 0.15) is 16.0 Å². The van der Waals surface area contributed by atoms with Gasteiger partial charge in [-0.05, 0) is 46.7 Å². The van der Waals surface area contributed by atoms with Crippen molar-refractivity contribution in [1.82, 2.24) is 0 Å². The quantitative estimate of drug-likeness (QED) is 0.194. The Hall–Kier alpha value is -2.50. The van der Waals surface area contributed by atoms with Crippen molar-refractivity contribution >= 4 is 83.1 Å². The zero-order valence-electron chi connectivity index (χ0n) is 15.7. The maximum absolute atomic E-state index is 5.83. The van der Waals surface area contributed by atoms with Crippen molar-refractivity contribution in [2.75, 3.05) is 0 Å². The molecule has 0 radical (unpaired) electrons. The lowest BCUT2D eigenvalue weighted by Crippen LogP contribution is -1.97. The van der Waals surface area contributed by atoms with Crippen LogP contribution < -0.4 is 0 Å². The molecule has 0 bridgehead atoms. The topological polar surface area (TPSA) is 0 Å². The molecule has 2 heterocycles. The second-order valence-electron chi connectivity index (χ2n) is 7.32. The molecule has 3 aromatic carbocycles. The number of benzene rings is 3. The Morgan fingerprint density at radius 2 is 1.23 bits per heavy atom. The normalized spacial score (nSPS) is 13.4. The highest BCUT2D eigenvalue weighted by molar-refractivity contribution is 7.84. The molecular weight excluding hydrogens is 441 g/mol. The smallest absolute Gasteiger partial charge is 0.0543 e. The zero-order chi connectivity index (χ0) is 20.2. The first kappa shape index (κ1) is 18.3. The van der Waals surface area contributed by atoms with Crippen molar-refractivity contribution in [3.63, 3.8) is 0 Å². The summed E-state index contributed by atoms with van der Waals surface area (Å²) in [4.78, 5) is 4.24. The lowest BCUT2D eigenvalue weighted by molar-refractivity contribution is 1.70. The number of fused-ring (bicyclic) bond motifs is 3. The molecular formula is C26H14S4. The van der Waals surface area contributed by atoms with Crippen molar-refractivity contribution in [3.8, 4) is 10.4 Å². The van der Waals surface area contributed by atoms with E-state index < -0.39 is 0 Å². The average molecular weight is 455 g/mol. The molecule has 30 heavy (non-hydrogen) atoms. The third kappa shape index (κ3) is 2.91. The lowest BCUT2D eigenvalue weighted by Gasteiger charge is -2.02. The molecule has 0 nitrogen and oxygen atoms in total. The number of thiophene rings is 2. The summed E-state index contributed by atoms with van der Waals surface area (Å²) in [5.74, 6) is 0. The molecule has 0 unspecified atom stereocenters. The molecule has 0 fully saturated rings. The molecule has 0 saturated carbocycles. The van der Waals surface area contributed by atoms with E-state index in [-0.39, 0.29) is 0 Å². The summed E-state index contributed by atoms with van der Waals surface area (Å²) in [5, 5.41) is 2.40. The highest BCUT2D eigenvalue weighted by Crippen LogP contribution is 2.40. The monoisotopic (exact) mass is 454 g/mol. The van der Waals surface area contributed by atoms with E-state index in [1.54, 1.807) is 11.3 Å². The second-order valence-corrected chi connectivity index (χ2v) is 10.3.